The number of methoxy groups -OCH3 is 1. The number of hydrogen-bond donors (Lipinski definition) is 1. The van der Waals surface area contributed by atoms with Gasteiger partial charge < -0.3 is 9.30 Å². The van der Waals surface area contributed by atoms with Crippen molar-refractivity contribution in [1.29, 1.82) is 0 Å². The van der Waals surface area contributed by atoms with Crippen molar-refractivity contribution in [3.05, 3.63) is 81.7 Å². The number of rotatable bonds is 4. The van der Waals surface area contributed by atoms with Gasteiger partial charge in [0.2, 0.25) is 0 Å². The third-order valence-corrected chi connectivity index (χ3v) is 5.61. The van der Waals surface area contributed by atoms with Crippen LogP contribution in [-0.2, 0) is 9.59 Å². The molecule has 1 N–H and O–H groups in total. The molecule has 2 aromatic carbocycles. The minimum Gasteiger partial charge on any atom is -0.495 e. The zero-order valence-electron chi connectivity index (χ0n) is 15.8. The highest BCUT2D eigenvalue weighted by molar-refractivity contribution is 14.1. The number of ether oxygens (including phenoxy) is 1. The average molecular weight is 529 g/mol. The molecule has 0 atom stereocenters. The summed E-state index contributed by atoms with van der Waals surface area (Å²) in [7, 11) is 1.51. The van der Waals surface area contributed by atoms with Crippen molar-refractivity contribution in [2.75, 3.05) is 12.0 Å². The fourth-order valence-electron chi connectivity index (χ4n) is 3.19. The van der Waals surface area contributed by atoms with Crippen LogP contribution in [0, 0.1) is 3.57 Å². The molecule has 4 rings (SSSR count). The Kier molecular flexibility index (Phi) is 5.69. The Morgan fingerprint density at radius 2 is 1.77 bits per heavy atom. The second kappa shape index (κ2) is 8.41. The molecule has 0 bridgehead atoms. The van der Waals surface area contributed by atoms with Crippen LogP contribution in [0.25, 0.3) is 11.8 Å². The summed E-state index contributed by atoms with van der Waals surface area (Å²) in [5.74, 6) is -0.568. The molecule has 0 aliphatic carbocycles. The number of halogens is 1. The van der Waals surface area contributed by atoms with Gasteiger partial charge in [0.1, 0.15) is 11.3 Å². The first-order valence-corrected chi connectivity index (χ1v) is 10.5. The molecule has 2 heterocycles. The summed E-state index contributed by atoms with van der Waals surface area (Å²) in [5, 5.41) is 2.62. The van der Waals surface area contributed by atoms with Crippen molar-refractivity contribution in [2.45, 2.75) is 0 Å². The van der Waals surface area contributed by atoms with E-state index in [1.807, 2.05) is 47.2 Å². The van der Waals surface area contributed by atoms with Gasteiger partial charge >= 0.3 is 0 Å². The molecule has 0 saturated carbocycles. The number of thiocarbonyl (C=S) groups is 1. The van der Waals surface area contributed by atoms with Gasteiger partial charge in [-0.25, -0.2) is 4.90 Å². The number of nitrogens with one attached hydrogen (secondary N) is 1. The number of hydrogen-bond acceptors (Lipinski definition) is 4. The minimum absolute atomic E-state index is 0.0136. The van der Waals surface area contributed by atoms with E-state index < -0.39 is 11.8 Å². The summed E-state index contributed by atoms with van der Waals surface area (Å²) in [6.45, 7) is 0. The van der Waals surface area contributed by atoms with Gasteiger partial charge in [-0.2, -0.15) is 0 Å². The lowest BCUT2D eigenvalue weighted by Gasteiger charge is -2.29. The number of carbonyl (C=O) groups is 2. The number of amides is 2. The number of carbonyl (C=O) groups excluding carboxylic acids is 2. The van der Waals surface area contributed by atoms with Crippen LogP contribution in [0.3, 0.4) is 0 Å². The molecule has 1 aliphatic heterocycles. The Hall–Kier alpha value is -2.98. The lowest BCUT2D eigenvalue weighted by atomic mass is 10.1. The van der Waals surface area contributed by atoms with Crippen molar-refractivity contribution in [3.63, 3.8) is 0 Å². The fourth-order valence-corrected chi connectivity index (χ4v) is 3.82. The molecule has 1 fully saturated rings. The topological polar surface area (TPSA) is 63.6 Å². The average Bonchev–Trinajstić information content (AvgIpc) is 3.20. The van der Waals surface area contributed by atoms with Gasteiger partial charge in [0.25, 0.3) is 11.8 Å². The predicted molar refractivity (Wildman–Crippen MR) is 128 cm³/mol. The molecule has 6 nitrogen and oxygen atoms in total. The van der Waals surface area contributed by atoms with E-state index in [9.17, 15) is 9.59 Å². The van der Waals surface area contributed by atoms with Crippen LogP contribution in [0.5, 0.6) is 5.75 Å². The van der Waals surface area contributed by atoms with Gasteiger partial charge in [0, 0.05) is 21.1 Å². The van der Waals surface area contributed by atoms with Gasteiger partial charge in [-0.3, -0.25) is 14.9 Å². The quantitative estimate of drug-likeness (QED) is 0.241. The molecule has 8 heteroatoms. The Bertz CT molecular complexity index is 1180. The van der Waals surface area contributed by atoms with E-state index >= 15 is 0 Å². The first-order chi connectivity index (χ1) is 14.5. The van der Waals surface area contributed by atoms with Crippen LogP contribution < -0.4 is 15.0 Å². The summed E-state index contributed by atoms with van der Waals surface area (Å²) < 4.78 is 8.38. The first-order valence-electron chi connectivity index (χ1n) is 8.97. The number of para-hydroxylation sites is 2. The maximum atomic E-state index is 13.3. The zero-order chi connectivity index (χ0) is 21.3. The Morgan fingerprint density at radius 3 is 2.50 bits per heavy atom. The van der Waals surface area contributed by atoms with Crippen molar-refractivity contribution in [3.8, 4) is 11.4 Å². The highest BCUT2D eigenvalue weighted by atomic mass is 127. The van der Waals surface area contributed by atoms with E-state index in [2.05, 4.69) is 27.9 Å². The maximum Gasteiger partial charge on any atom is 0.270 e. The van der Waals surface area contributed by atoms with E-state index in [0.29, 0.717) is 17.1 Å². The number of nitrogens with zero attached hydrogens (tertiary/aromatic N) is 2. The fraction of sp³-hybridized carbons (Fsp3) is 0.0455. The lowest BCUT2D eigenvalue weighted by Crippen LogP contribution is -2.54. The molecule has 1 aliphatic rings. The number of aromatic nitrogens is 1. The van der Waals surface area contributed by atoms with E-state index in [1.165, 1.54) is 12.0 Å². The largest absolute Gasteiger partial charge is 0.495 e. The first kappa shape index (κ1) is 20.3. The van der Waals surface area contributed by atoms with E-state index in [0.717, 1.165) is 9.26 Å². The Morgan fingerprint density at radius 1 is 1.03 bits per heavy atom. The maximum absolute atomic E-state index is 13.3. The van der Waals surface area contributed by atoms with Gasteiger partial charge in [0.15, 0.2) is 5.11 Å². The summed E-state index contributed by atoms with van der Waals surface area (Å²) >= 11 is 7.51. The molecular weight excluding hydrogens is 513 g/mol. The lowest BCUT2D eigenvalue weighted by molar-refractivity contribution is -0.122. The number of anilines is 1. The Labute approximate surface area is 192 Å². The third-order valence-electron chi connectivity index (χ3n) is 4.61. The van der Waals surface area contributed by atoms with Crippen molar-refractivity contribution in [1.82, 2.24) is 9.88 Å². The molecule has 30 heavy (non-hydrogen) atoms. The summed E-state index contributed by atoms with van der Waals surface area (Å²) in [4.78, 5) is 27.2. The second-order valence-corrected chi connectivity index (χ2v) is 8.04. The van der Waals surface area contributed by atoms with E-state index in [1.54, 1.807) is 30.3 Å². The SMILES string of the molecule is COc1ccccc1N1C(=O)/C(=C/c2cccn2-c2ccc(I)cc2)C(=O)NC1=S. The summed E-state index contributed by atoms with van der Waals surface area (Å²) in [6, 6.07) is 18.6. The predicted octanol–water partition coefficient (Wildman–Crippen LogP) is 3.92. The van der Waals surface area contributed by atoms with Crippen molar-refractivity contribution >= 4 is 63.5 Å². The van der Waals surface area contributed by atoms with Gasteiger partial charge in [0.05, 0.1) is 12.8 Å². The molecule has 150 valence electrons. The molecule has 1 aromatic heterocycles. The minimum atomic E-state index is -0.536. The summed E-state index contributed by atoms with van der Waals surface area (Å²) in [6.07, 6.45) is 3.45. The standard InChI is InChI=1S/C22H16IN3O3S/c1-29-19-7-3-2-6-18(19)26-21(28)17(20(27)24-22(26)30)13-16-5-4-12-25(16)15-10-8-14(23)9-11-15/h2-13H,1H3,(H,24,27,30)/b17-13+. The second-order valence-electron chi connectivity index (χ2n) is 6.41. The molecule has 3 aromatic rings. The van der Waals surface area contributed by atoms with Crippen LogP contribution in [0.1, 0.15) is 5.69 Å². The van der Waals surface area contributed by atoms with Crippen molar-refractivity contribution < 1.29 is 14.3 Å². The molecule has 0 spiro atoms. The zero-order valence-corrected chi connectivity index (χ0v) is 18.8. The van der Waals surface area contributed by atoms with Gasteiger partial charge in [-0.1, -0.05) is 12.1 Å². The highest BCUT2D eigenvalue weighted by Crippen LogP contribution is 2.31. The smallest absolute Gasteiger partial charge is 0.270 e. The monoisotopic (exact) mass is 529 g/mol. The van der Waals surface area contributed by atoms with Crippen LogP contribution in [0.4, 0.5) is 5.69 Å². The van der Waals surface area contributed by atoms with E-state index in [-0.39, 0.29) is 10.7 Å². The number of benzene rings is 2. The molecular formula is C22H16IN3O3S. The van der Waals surface area contributed by atoms with Crippen LogP contribution >= 0.6 is 34.8 Å². The van der Waals surface area contributed by atoms with E-state index in [4.69, 9.17) is 17.0 Å². The van der Waals surface area contributed by atoms with Gasteiger partial charge in [-0.05, 0) is 89.4 Å². The van der Waals surface area contributed by atoms with Crippen LogP contribution in [0.15, 0.2) is 72.4 Å². The van der Waals surface area contributed by atoms with Crippen LogP contribution in [0.2, 0.25) is 0 Å². The molecule has 2 amide bonds. The molecule has 0 radical (unpaired) electrons. The molecule has 0 unspecified atom stereocenters. The van der Waals surface area contributed by atoms with Crippen LogP contribution in [-0.4, -0.2) is 28.6 Å². The Balaban J connectivity index is 1.76. The van der Waals surface area contributed by atoms with Crippen molar-refractivity contribution in [2.24, 2.45) is 0 Å². The highest BCUT2D eigenvalue weighted by Gasteiger charge is 2.36. The third kappa shape index (κ3) is 3.75. The summed E-state index contributed by atoms with van der Waals surface area (Å²) in [5.41, 5.74) is 2.07. The normalized spacial score (nSPS) is 15.5. The molecule has 1 saturated heterocycles. The van der Waals surface area contributed by atoms with Gasteiger partial charge in [-0.15, -0.1) is 0 Å².